The average molecular weight is 201 g/mol. The molecule has 0 aliphatic heterocycles. The van der Waals surface area contributed by atoms with E-state index in [0.717, 1.165) is 0 Å². The Morgan fingerprint density at radius 1 is 1.25 bits per heavy atom. The van der Waals surface area contributed by atoms with Crippen molar-refractivity contribution in [2.24, 2.45) is 5.16 Å². The molecule has 0 rings (SSSR count). The highest BCUT2D eigenvalue weighted by Gasteiger charge is 2.39. The van der Waals surface area contributed by atoms with E-state index >= 15 is 0 Å². The van der Waals surface area contributed by atoms with Crippen LogP contribution in [0.3, 0.4) is 0 Å². The normalized spacial score (nSPS) is 15.0. The number of rotatable bonds is 0. The molecule has 2 nitrogen and oxygen atoms in total. The Morgan fingerprint density at radius 2 is 1.67 bits per heavy atom. The van der Waals surface area contributed by atoms with E-state index in [2.05, 4.69) is 5.16 Å². The molecule has 1 N–H and O–H groups in total. The van der Waals surface area contributed by atoms with Crippen molar-refractivity contribution in [3.05, 3.63) is 0 Å². The van der Waals surface area contributed by atoms with Gasteiger partial charge in [0.2, 0.25) is 5.04 Å². The van der Waals surface area contributed by atoms with Gasteiger partial charge in [-0.3, -0.25) is 0 Å². The molecule has 0 aliphatic carbocycles. The summed E-state index contributed by atoms with van der Waals surface area (Å²) in [5.74, 6) is 0. The summed E-state index contributed by atoms with van der Waals surface area (Å²) in [5.41, 5.74) is 0. The number of oxime groups is 1. The SMILES string of the molecule is CC(C)(C)SC(=NO)C(F)(F)F. The summed E-state index contributed by atoms with van der Waals surface area (Å²) >= 11 is 0.484. The average Bonchev–Trinajstić information content (AvgIpc) is 1.78. The van der Waals surface area contributed by atoms with E-state index in [4.69, 9.17) is 5.21 Å². The third-order valence-electron chi connectivity index (χ3n) is 0.736. The van der Waals surface area contributed by atoms with Gasteiger partial charge in [0, 0.05) is 4.75 Å². The molecular formula is C6H10F3NOS. The van der Waals surface area contributed by atoms with Crippen molar-refractivity contribution < 1.29 is 18.4 Å². The predicted octanol–water partition coefficient (Wildman–Crippen LogP) is 2.87. The van der Waals surface area contributed by atoms with Crippen molar-refractivity contribution in [2.45, 2.75) is 31.7 Å². The Balaban J connectivity index is 4.43. The second-order valence-electron chi connectivity index (χ2n) is 3.12. The van der Waals surface area contributed by atoms with Crippen molar-refractivity contribution in [1.82, 2.24) is 0 Å². The topological polar surface area (TPSA) is 32.6 Å². The molecule has 72 valence electrons. The van der Waals surface area contributed by atoms with E-state index in [9.17, 15) is 13.2 Å². The molecule has 0 saturated carbocycles. The molecule has 0 radical (unpaired) electrons. The molecule has 0 heterocycles. The Morgan fingerprint density at radius 3 is 1.75 bits per heavy atom. The molecule has 0 atom stereocenters. The summed E-state index contributed by atoms with van der Waals surface area (Å²) in [4.78, 5) is 0. The number of halogens is 3. The molecule has 0 spiro atoms. The minimum atomic E-state index is -4.56. The fraction of sp³-hybridized carbons (Fsp3) is 0.833. The van der Waals surface area contributed by atoms with Crippen LogP contribution in [0.25, 0.3) is 0 Å². The summed E-state index contributed by atoms with van der Waals surface area (Å²) in [6.45, 7) is 4.82. The molecule has 6 heteroatoms. The van der Waals surface area contributed by atoms with E-state index in [1.807, 2.05) is 0 Å². The van der Waals surface area contributed by atoms with Gasteiger partial charge in [0.1, 0.15) is 0 Å². The standard InChI is InChI=1S/C6H10F3NOS/c1-5(2,3)12-4(10-11)6(7,8)9/h11H,1-3H3. The summed E-state index contributed by atoms with van der Waals surface area (Å²) in [5, 5.41) is 9.06. The lowest BCUT2D eigenvalue weighted by atomic mass is 10.3. The number of thioether (sulfide) groups is 1. The summed E-state index contributed by atoms with van der Waals surface area (Å²) in [6.07, 6.45) is -4.56. The largest absolute Gasteiger partial charge is 0.442 e. The van der Waals surface area contributed by atoms with Crippen LogP contribution in [-0.4, -0.2) is 21.2 Å². The molecular weight excluding hydrogens is 191 g/mol. The zero-order chi connectivity index (χ0) is 9.99. The van der Waals surface area contributed by atoms with Crippen LogP contribution in [0.2, 0.25) is 0 Å². The van der Waals surface area contributed by atoms with Crippen LogP contribution in [0.15, 0.2) is 5.16 Å². The van der Waals surface area contributed by atoms with Crippen molar-refractivity contribution in [2.75, 3.05) is 0 Å². The van der Waals surface area contributed by atoms with Gasteiger partial charge in [-0.05, 0) is 0 Å². The third kappa shape index (κ3) is 4.48. The maximum atomic E-state index is 11.9. The van der Waals surface area contributed by atoms with Crippen molar-refractivity contribution in [3.63, 3.8) is 0 Å². The third-order valence-corrected chi connectivity index (χ3v) is 1.86. The van der Waals surface area contributed by atoms with Crippen molar-refractivity contribution >= 4 is 16.8 Å². The first-order chi connectivity index (χ1) is 5.17. The Kier molecular flexibility index (Phi) is 3.44. The van der Waals surface area contributed by atoms with Gasteiger partial charge in [0.05, 0.1) is 0 Å². The highest BCUT2D eigenvalue weighted by Crippen LogP contribution is 2.33. The molecule has 0 unspecified atom stereocenters. The van der Waals surface area contributed by atoms with Crippen molar-refractivity contribution in [3.8, 4) is 0 Å². The van der Waals surface area contributed by atoms with Gasteiger partial charge < -0.3 is 5.21 Å². The van der Waals surface area contributed by atoms with Crippen LogP contribution in [0.4, 0.5) is 13.2 Å². The fourth-order valence-electron chi connectivity index (χ4n) is 0.425. The maximum Gasteiger partial charge on any atom is 0.442 e. The lowest BCUT2D eigenvalue weighted by Crippen LogP contribution is -2.25. The number of nitrogens with zero attached hydrogens (tertiary/aromatic N) is 1. The molecule has 0 aromatic heterocycles. The van der Waals surface area contributed by atoms with Gasteiger partial charge in [0.15, 0.2) is 0 Å². The first-order valence-electron chi connectivity index (χ1n) is 3.15. The first-order valence-corrected chi connectivity index (χ1v) is 3.97. The van der Waals surface area contributed by atoms with Gasteiger partial charge in [-0.25, -0.2) is 0 Å². The van der Waals surface area contributed by atoms with E-state index in [0.29, 0.717) is 11.8 Å². The van der Waals surface area contributed by atoms with E-state index in [1.54, 1.807) is 20.8 Å². The van der Waals surface area contributed by atoms with Gasteiger partial charge in [0.25, 0.3) is 0 Å². The maximum absolute atomic E-state index is 11.9. The van der Waals surface area contributed by atoms with Crippen LogP contribution in [-0.2, 0) is 0 Å². The van der Waals surface area contributed by atoms with E-state index < -0.39 is 16.0 Å². The molecule has 0 aromatic carbocycles. The summed E-state index contributed by atoms with van der Waals surface area (Å²) < 4.78 is 35.2. The van der Waals surface area contributed by atoms with Crippen LogP contribution in [0.1, 0.15) is 20.8 Å². The molecule has 12 heavy (non-hydrogen) atoms. The molecule has 0 aliphatic rings. The smallest absolute Gasteiger partial charge is 0.410 e. The van der Waals surface area contributed by atoms with Gasteiger partial charge in [-0.15, -0.1) is 0 Å². The van der Waals surface area contributed by atoms with E-state index in [-0.39, 0.29) is 0 Å². The molecule has 0 aromatic rings. The Labute approximate surface area is 72.8 Å². The lowest BCUT2D eigenvalue weighted by molar-refractivity contribution is -0.0574. The number of alkyl halides is 3. The van der Waals surface area contributed by atoms with Crippen LogP contribution < -0.4 is 0 Å². The summed E-state index contributed by atoms with van der Waals surface area (Å²) in [7, 11) is 0. The Bertz CT molecular complexity index is 182. The highest BCUT2D eigenvalue weighted by atomic mass is 32.2. The zero-order valence-corrected chi connectivity index (χ0v) is 7.75. The van der Waals surface area contributed by atoms with Crippen LogP contribution in [0.5, 0.6) is 0 Å². The quantitative estimate of drug-likeness (QED) is 0.283. The van der Waals surface area contributed by atoms with Gasteiger partial charge in [-0.2, -0.15) is 13.2 Å². The zero-order valence-electron chi connectivity index (χ0n) is 6.94. The molecule has 0 fully saturated rings. The second kappa shape index (κ2) is 3.55. The van der Waals surface area contributed by atoms with Crippen molar-refractivity contribution in [1.29, 1.82) is 0 Å². The van der Waals surface area contributed by atoms with Crippen LogP contribution in [0, 0.1) is 0 Å². The van der Waals surface area contributed by atoms with Crippen LogP contribution >= 0.6 is 11.8 Å². The minimum Gasteiger partial charge on any atom is -0.410 e. The van der Waals surface area contributed by atoms with E-state index in [1.165, 1.54) is 0 Å². The minimum absolute atomic E-state index is 0.484. The second-order valence-corrected chi connectivity index (χ2v) is 4.93. The number of hydrogen-bond acceptors (Lipinski definition) is 3. The lowest BCUT2D eigenvalue weighted by Gasteiger charge is -2.18. The summed E-state index contributed by atoms with van der Waals surface area (Å²) in [6, 6.07) is 0. The molecule has 0 saturated heterocycles. The Hall–Kier alpha value is -0.390. The van der Waals surface area contributed by atoms with Gasteiger partial charge in [-0.1, -0.05) is 37.7 Å². The monoisotopic (exact) mass is 201 g/mol. The molecule has 0 amide bonds. The highest BCUT2D eigenvalue weighted by molar-refractivity contribution is 8.15. The number of hydrogen-bond donors (Lipinski definition) is 1. The predicted molar refractivity (Wildman–Crippen MR) is 42.6 cm³/mol. The fourth-order valence-corrected chi connectivity index (χ4v) is 1.16. The first kappa shape index (κ1) is 11.6. The van der Waals surface area contributed by atoms with Gasteiger partial charge >= 0.3 is 6.18 Å². The molecule has 0 bridgehead atoms.